The Morgan fingerprint density at radius 2 is 2.05 bits per heavy atom. The number of fused-ring (bicyclic) bond motifs is 2. The van der Waals surface area contributed by atoms with Gasteiger partial charge in [-0.1, -0.05) is 19.8 Å². The minimum Gasteiger partial charge on any atom is -0.388 e. The first-order valence-electron chi connectivity index (χ1n) is 7.76. The summed E-state index contributed by atoms with van der Waals surface area (Å²) in [4.78, 5) is 17.9. The second-order valence-corrected chi connectivity index (χ2v) is 6.61. The molecule has 0 radical (unpaired) electrons. The highest BCUT2D eigenvalue weighted by Crippen LogP contribution is 2.31. The summed E-state index contributed by atoms with van der Waals surface area (Å²) < 4.78 is 1.09. The van der Waals surface area contributed by atoms with Crippen molar-refractivity contribution in [3.63, 3.8) is 0 Å². The minimum absolute atomic E-state index is 0.144. The summed E-state index contributed by atoms with van der Waals surface area (Å²) >= 11 is 1.63. The Labute approximate surface area is 134 Å². The predicted molar refractivity (Wildman–Crippen MR) is 95.3 cm³/mol. The topological polar surface area (TPSA) is 42.0 Å². The summed E-state index contributed by atoms with van der Waals surface area (Å²) in [5.41, 5.74) is 4.01. The fraction of sp³-hybridized carbons (Fsp3) is 0.333. The monoisotopic (exact) mass is 312 g/mol. The van der Waals surface area contributed by atoms with E-state index < -0.39 is 0 Å². The molecule has 114 valence electrons. The van der Waals surface area contributed by atoms with E-state index in [1.165, 1.54) is 6.42 Å². The molecular formula is C18H20N2OS. The lowest BCUT2D eigenvalue weighted by molar-refractivity contribution is 0.715. The molecule has 1 aliphatic carbocycles. The van der Waals surface area contributed by atoms with Crippen LogP contribution in [0.5, 0.6) is 0 Å². The predicted octanol–water partition coefficient (Wildman–Crippen LogP) is 4.54. The molecule has 1 aliphatic heterocycles. The van der Waals surface area contributed by atoms with E-state index in [0.29, 0.717) is 0 Å². The van der Waals surface area contributed by atoms with Crippen molar-refractivity contribution in [3.8, 4) is 10.6 Å². The SMILES string of the molecule is CCCCCc1cc2nc3ccc(NC)cc3sc-2cc1=O. The summed E-state index contributed by atoms with van der Waals surface area (Å²) in [6, 6.07) is 9.86. The van der Waals surface area contributed by atoms with Crippen LogP contribution in [0.15, 0.2) is 35.1 Å². The van der Waals surface area contributed by atoms with Gasteiger partial charge in [-0.05, 0) is 37.1 Å². The van der Waals surface area contributed by atoms with Gasteiger partial charge in [-0.3, -0.25) is 4.79 Å². The smallest absolute Gasteiger partial charge is 0.183 e. The van der Waals surface area contributed by atoms with Crippen molar-refractivity contribution in [2.24, 2.45) is 0 Å². The lowest BCUT2D eigenvalue weighted by Gasteiger charge is -2.09. The number of unbranched alkanes of at least 4 members (excludes halogenated alkanes) is 2. The first-order valence-corrected chi connectivity index (χ1v) is 8.58. The fourth-order valence-electron chi connectivity index (χ4n) is 2.61. The van der Waals surface area contributed by atoms with E-state index in [1.807, 2.05) is 25.2 Å². The number of benzene rings is 2. The zero-order valence-corrected chi connectivity index (χ0v) is 13.8. The molecule has 1 N–H and O–H groups in total. The molecule has 0 amide bonds. The van der Waals surface area contributed by atoms with Crippen molar-refractivity contribution in [2.75, 3.05) is 12.4 Å². The highest BCUT2D eigenvalue weighted by molar-refractivity contribution is 7.21. The van der Waals surface area contributed by atoms with Crippen LogP contribution in [0.2, 0.25) is 0 Å². The van der Waals surface area contributed by atoms with Crippen LogP contribution < -0.4 is 10.7 Å². The van der Waals surface area contributed by atoms with Gasteiger partial charge < -0.3 is 5.32 Å². The zero-order chi connectivity index (χ0) is 15.5. The van der Waals surface area contributed by atoms with E-state index >= 15 is 0 Å². The molecule has 0 atom stereocenters. The highest BCUT2D eigenvalue weighted by atomic mass is 32.1. The highest BCUT2D eigenvalue weighted by Gasteiger charge is 2.11. The second kappa shape index (κ2) is 6.44. The van der Waals surface area contributed by atoms with Crippen molar-refractivity contribution in [1.29, 1.82) is 0 Å². The van der Waals surface area contributed by atoms with Gasteiger partial charge in [0.25, 0.3) is 0 Å². The van der Waals surface area contributed by atoms with Crippen LogP contribution in [0, 0.1) is 0 Å². The van der Waals surface area contributed by atoms with E-state index in [2.05, 4.69) is 18.3 Å². The van der Waals surface area contributed by atoms with Crippen LogP contribution in [-0.2, 0) is 6.42 Å². The van der Waals surface area contributed by atoms with Gasteiger partial charge >= 0.3 is 0 Å². The molecule has 3 nitrogen and oxygen atoms in total. The largest absolute Gasteiger partial charge is 0.388 e. The molecule has 22 heavy (non-hydrogen) atoms. The van der Waals surface area contributed by atoms with Crippen molar-refractivity contribution >= 4 is 27.2 Å². The number of hydrogen-bond acceptors (Lipinski definition) is 4. The van der Waals surface area contributed by atoms with Gasteiger partial charge in [-0.25, -0.2) is 4.98 Å². The van der Waals surface area contributed by atoms with Crippen LogP contribution in [0.4, 0.5) is 5.69 Å². The van der Waals surface area contributed by atoms with Crippen LogP contribution in [0.25, 0.3) is 20.8 Å². The van der Waals surface area contributed by atoms with Gasteiger partial charge in [0.2, 0.25) is 0 Å². The number of nitrogens with zero attached hydrogens (tertiary/aromatic N) is 1. The van der Waals surface area contributed by atoms with E-state index in [0.717, 1.165) is 51.3 Å². The number of hydrogen-bond donors (Lipinski definition) is 1. The van der Waals surface area contributed by atoms with Crippen molar-refractivity contribution in [2.45, 2.75) is 32.6 Å². The third-order valence-electron chi connectivity index (χ3n) is 3.90. The first-order chi connectivity index (χ1) is 10.7. The number of rotatable bonds is 5. The molecule has 0 saturated heterocycles. The Morgan fingerprint density at radius 1 is 1.18 bits per heavy atom. The maximum atomic E-state index is 12.3. The summed E-state index contributed by atoms with van der Waals surface area (Å²) in [6.07, 6.45) is 4.25. The van der Waals surface area contributed by atoms with E-state index in [-0.39, 0.29) is 5.43 Å². The normalized spacial score (nSPS) is 11.2. The Kier molecular flexibility index (Phi) is 4.39. The van der Waals surface area contributed by atoms with Crippen LogP contribution in [-0.4, -0.2) is 12.0 Å². The Bertz CT molecular complexity index is 825. The number of nitrogens with one attached hydrogen (secondary N) is 1. The average Bonchev–Trinajstić information content (AvgIpc) is 2.53. The van der Waals surface area contributed by atoms with Crippen molar-refractivity contribution in [1.82, 2.24) is 4.98 Å². The van der Waals surface area contributed by atoms with Gasteiger partial charge in [0.15, 0.2) is 5.43 Å². The fourth-order valence-corrected chi connectivity index (χ4v) is 3.63. The molecule has 0 aromatic heterocycles. The summed E-state index contributed by atoms with van der Waals surface area (Å²) in [7, 11) is 1.90. The molecule has 1 aromatic carbocycles. The Hall–Kier alpha value is -1.94. The van der Waals surface area contributed by atoms with Crippen molar-refractivity contribution in [3.05, 3.63) is 46.1 Å². The summed E-state index contributed by atoms with van der Waals surface area (Å²) in [5.74, 6) is 0. The number of anilines is 1. The Morgan fingerprint density at radius 3 is 2.82 bits per heavy atom. The standard InChI is InChI=1S/C18H20N2OS/c1-3-4-5-6-12-9-15-18(11-16(12)21)22-17-10-13(19-2)7-8-14(17)20-15/h7-11,19H,3-6H2,1-2H3. The zero-order valence-electron chi connectivity index (χ0n) is 13.0. The van der Waals surface area contributed by atoms with Crippen molar-refractivity contribution < 1.29 is 0 Å². The molecule has 2 aliphatic rings. The maximum Gasteiger partial charge on any atom is 0.183 e. The molecule has 0 saturated carbocycles. The van der Waals surface area contributed by atoms with Crippen LogP contribution in [0.1, 0.15) is 31.7 Å². The molecule has 3 rings (SSSR count). The third kappa shape index (κ3) is 2.97. The Balaban J connectivity index is 2.07. The van der Waals surface area contributed by atoms with Crippen LogP contribution >= 0.6 is 11.3 Å². The molecule has 0 unspecified atom stereocenters. The van der Waals surface area contributed by atoms with Gasteiger partial charge in [0.1, 0.15) is 0 Å². The molecule has 1 aromatic rings. The first kappa shape index (κ1) is 15.0. The van der Waals surface area contributed by atoms with E-state index in [9.17, 15) is 4.79 Å². The van der Waals surface area contributed by atoms with E-state index in [1.54, 1.807) is 17.4 Å². The quantitative estimate of drug-likeness (QED) is 0.555. The van der Waals surface area contributed by atoms with Crippen LogP contribution in [0.3, 0.4) is 0 Å². The maximum absolute atomic E-state index is 12.3. The molecular weight excluding hydrogens is 292 g/mol. The third-order valence-corrected chi connectivity index (χ3v) is 4.99. The van der Waals surface area contributed by atoms with Gasteiger partial charge in [0, 0.05) is 24.4 Å². The molecule has 1 heterocycles. The summed E-state index contributed by atoms with van der Waals surface area (Å²) in [5, 5.41) is 3.13. The summed E-state index contributed by atoms with van der Waals surface area (Å²) in [6.45, 7) is 2.17. The minimum atomic E-state index is 0.144. The number of aromatic nitrogens is 1. The van der Waals surface area contributed by atoms with Gasteiger partial charge in [0.05, 0.1) is 20.8 Å². The van der Waals surface area contributed by atoms with Gasteiger partial charge in [-0.15, -0.1) is 11.3 Å². The average molecular weight is 312 g/mol. The molecule has 4 heteroatoms. The lowest BCUT2D eigenvalue weighted by atomic mass is 10.0. The van der Waals surface area contributed by atoms with E-state index in [4.69, 9.17) is 4.98 Å². The molecule has 0 fully saturated rings. The molecule has 0 spiro atoms. The molecule has 0 bridgehead atoms. The van der Waals surface area contributed by atoms with Gasteiger partial charge in [-0.2, -0.15) is 0 Å². The lowest BCUT2D eigenvalue weighted by Crippen LogP contribution is -2.09. The number of aryl methyl sites for hydroxylation is 1. The second-order valence-electron chi connectivity index (χ2n) is 5.53.